The van der Waals surface area contributed by atoms with Gasteiger partial charge in [-0.3, -0.25) is 5.32 Å². The fourth-order valence-electron chi connectivity index (χ4n) is 1.16. The first-order valence-electron chi connectivity index (χ1n) is 4.48. The van der Waals surface area contributed by atoms with Crippen molar-refractivity contribution in [3.63, 3.8) is 0 Å². The zero-order chi connectivity index (χ0) is 12.8. The van der Waals surface area contributed by atoms with Crippen LogP contribution in [0.3, 0.4) is 0 Å². The molecule has 0 unspecified atom stereocenters. The average Bonchev–Trinajstić information content (AvgIpc) is 2.29. The van der Waals surface area contributed by atoms with E-state index in [0.29, 0.717) is 5.56 Å². The minimum absolute atomic E-state index is 0.126. The van der Waals surface area contributed by atoms with Gasteiger partial charge in [0.25, 0.3) is 0 Å². The summed E-state index contributed by atoms with van der Waals surface area (Å²) in [5, 5.41) is 19.1. The number of rotatable bonds is 3. The minimum Gasteiger partial charge on any atom is -0.479 e. The van der Waals surface area contributed by atoms with E-state index in [0.717, 1.165) is 0 Å². The number of benzene rings is 1. The van der Waals surface area contributed by atoms with Gasteiger partial charge >= 0.3 is 6.09 Å². The third kappa shape index (κ3) is 3.05. The van der Waals surface area contributed by atoms with Crippen molar-refractivity contribution in [3.05, 3.63) is 17.7 Å². The summed E-state index contributed by atoms with van der Waals surface area (Å²) in [6.07, 6.45) is 3.96. The maximum absolute atomic E-state index is 10.5. The quantitative estimate of drug-likeness (QED) is 0.535. The number of ether oxygens (including phenoxy) is 1. The maximum atomic E-state index is 10.5. The Balaban J connectivity index is 3.15. The van der Waals surface area contributed by atoms with Gasteiger partial charge in [0.1, 0.15) is 11.8 Å². The van der Waals surface area contributed by atoms with E-state index in [4.69, 9.17) is 27.3 Å². The third-order valence-corrected chi connectivity index (χ3v) is 1.85. The van der Waals surface area contributed by atoms with E-state index in [-0.39, 0.29) is 23.7 Å². The van der Waals surface area contributed by atoms with Crippen LogP contribution in [0.4, 0.5) is 16.2 Å². The lowest BCUT2D eigenvalue weighted by molar-refractivity contribution is 0.210. The molecule has 0 aliphatic rings. The van der Waals surface area contributed by atoms with E-state index < -0.39 is 6.09 Å². The van der Waals surface area contributed by atoms with E-state index in [1.165, 1.54) is 12.1 Å². The molecule has 1 aromatic rings. The zero-order valence-electron chi connectivity index (χ0n) is 8.73. The van der Waals surface area contributed by atoms with Gasteiger partial charge in [-0.1, -0.05) is 5.92 Å². The van der Waals surface area contributed by atoms with Crippen molar-refractivity contribution in [2.75, 3.05) is 17.7 Å². The summed E-state index contributed by atoms with van der Waals surface area (Å²) in [5.41, 5.74) is 6.21. The normalized spacial score (nSPS) is 8.82. The Morgan fingerprint density at radius 3 is 2.88 bits per heavy atom. The number of hydrogen-bond donors (Lipinski definition) is 3. The van der Waals surface area contributed by atoms with Crippen LogP contribution in [0.2, 0.25) is 0 Å². The van der Waals surface area contributed by atoms with E-state index in [2.05, 4.69) is 11.2 Å². The van der Waals surface area contributed by atoms with Crippen molar-refractivity contribution in [2.24, 2.45) is 0 Å². The summed E-state index contributed by atoms with van der Waals surface area (Å²) in [5.74, 6) is 2.58. The van der Waals surface area contributed by atoms with E-state index >= 15 is 0 Å². The summed E-state index contributed by atoms with van der Waals surface area (Å²) in [6, 6.07) is 4.61. The van der Waals surface area contributed by atoms with Crippen molar-refractivity contribution in [1.82, 2.24) is 0 Å². The highest BCUT2D eigenvalue weighted by atomic mass is 16.5. The van der Waals surface area contributed by atoms with Gasteiger partial charge in [0, 0.05) is 6.07 Å². The van der Waals surface area contributed by atoms with Crippen LogP contribution in [0.25, 0.3) is 0 Å². The van der Waals surface area contributed by atoms with Crippen LogP contribution in [0, 0.1) is 23.7 Å². The summed E-state index contributed by atoms with van der Waals surface area (Å²) < 4.78 is 5.03. The summed E-state index contributed by atoms with van der Waals surface area (Å²) in [6.45, 7) is -0.166. The number of terminal acetylenes is 1. The Labute approximate surface area is 97.6 Å². The van der Waals surface area contributed by atoms with Crippen LogP contribution in [-0.2, 0) is 0 Å². The Morgan fingerprint density at radius 1 is 1.65 bits per heavy atom. The second-order valence-electron chi connectivity index (χ2n) is 2.95. The van der Waals surface area contributed by atoms with Gasteiger partial charge in [0.05, 0.1) is 16.9 Å². The van der Waals surface area contributed by atoms with Gasteiger partial charge in [-0.05, 0) is 6.07 Å². The van der Waals surface area contributed by atoms with E-state index in [1.807, 2.05) is 0 Å². The van der Waals surface area contributed by atoms with Gasteiger partial charge in [0.2, 0.25) is 0 Å². The van der Waals surface area contributed by atoms with E-state index in [9.17, 15) is 4.79 Å². The van der Waals surface area contributed by atoms with Crippen molar-refractivity contribution in [2.45, 2.75) is 0 Å². The lowest BCUT2D eigenvalue weighted by Crippen LogP contribution is -2.10. The Hall–Kier alpha value is -2.86. The number of nitrogens with one attached hydrogen (secondary N) is 1. The molecule has 0 fully saturated rings. The SMILES string of the molecule is C#Cc1cc(OCC#N)cc(NC(=O)O)c1N. The number of carboxylic acid groups (broad SMARTS) is 1. The Bertz CT molecular complexity index is 526. The van der Waals surface area contributed by atoms with Gasteiger partial charge in [0.15, 0.2) is 6.61 Å². The smallest absolute Gasteiger partial charge is 0.409 e. The molecule has 0 saturated heterocycles. The number of nitriles is 1. The monoisotopic (exact) mass is 231 g/mol. The van der Waals surface area contributed by atoms with Crippen LogP contribution in [0.15, 0.2) is 12.1 Å². The Morgan fingerprint density at radius 2 is 2.35 bits per heavy atom. The third-order valence-electron chi connectivity index (χ3n) is 1.85. The molecule has 17 heavy (non-hydrogen) atoms. The second-order valence-corrected chi connectivity index (χ2v) is 2.95. The van der Waals surface area contributed by atoms with Crippen molar-refractivity contribution >= 4 is 17.5 Å². The van der Waals surface area contributed by atoms with Crippen molar-refractivity contribution in [3.8, 4) is 24.2 Å². The molecule has 6 heteroatoms. The van der Waals surface area contributed by atoms with Crippen LogP contribution < -0.4 is 15.8 Å². The van der Waals surface area contributed by atoms with Crippen LogP contribution in [0.1, 0.15) is 5.56 Å². The second kappa shape index (κ2) is 5.29. The summed E-state index contributed by atoms with van der Waals surface area (Å²) in [7, 11) is 0. The molecular weight excluding hydrogens is 222 g/mol. The molecule has 1 amide bonds. The molecular formula is C11H9N3O3. The van der Waals surface area contributed by atoms with Crippen LogP contribution in [0.5, 0.6) is 5.75 Å². The lowest BCUT2D eigenvalue weighted by Gasteiger charge is -2.10. The number of amides is 1. The molecule has 0 aromatic heterocycles. The van der Waals surface area contributed by atoms with Gasteiger partial charge in [-0.2, -0.15) is 5.26 Å². The van der Waals surface area contributed by atoms with Crippen molar-refractivity contribution < 1.29 is 14.6 Å². The molecule has 0 atom stereocenters. The Kier molecular flexibility index (Phi) is 3.80. The van der Waals surface area contributed by atoms with Crippen LogP contribution in [-0.4, -0.2) is 17.8 Å². The predicted molar refractivity (Wildman–Crippen MR) is 61.5 cm³/mol. The topological polar surface area (TPSA) is 108 Å². The predicted octanol–water partition coefficient (Wildman–Crippen LogP) is 1.24. The number of anilines is 2. The lowest BCUT2D eigenvalue weighted by atomic mass is 10.1. The molecule has 4 N–H and O–H groups in total. The highest BCUT2D eigenvalue weighted by molar-refractivity contribution is 5.90. The number of nitrogens with zero attached hydrogens (tertiary/aromatic N) is 1. The molecule has 1 rings (SSSR count). The first-order chi connectivity index (χ1) is 8.08. The van der Waals surface area contributed by atoms with E-state index in [1.54, 1.807) is 6.07 Å². The first kappa shape index (κ1) is 12.2. The first-order valence-corrected chi connectivity index (χ1v) is 4.48. The largest absolute Gasteiger partial charge is 0.479 e. The molecule has 1 aromatic carbocycles. The molecule has 0 saturated carbocycles. The fraction of sp³-hybridized carbons (Fsp3) is 0.0909. The molecule has 0 aliphatic heterocycles. The summed E-state index contributed by atoms with van der Waals surface area (Å²) in [4.78, 5) is 10.5. The molecule has 6 nitrogen and oxygen atoms in total. The van der Waals surface area contributed by atoms with Crippen LogP contribution >= 0.6 is 0 Å². The highest BCUT2D eigenvalue weighted by Crippen LogP contribution is 2.28. The molecule has 0 radical (unpaired) electrons. The zero-order valence-corrected chi connectivity index (χ0v) is 8.73. The fourth-order valence-corrected chi connectivity index (χ4v) is 1.16. The number of hydrogen-bond acceptors (Lipinski definition) is 4. The van der Waals surface area contributed by atoms with Gasteiger partial charge in [-0.15, -0.1) is 6.42 Å². The molecule has 0 spiro atoms. The molecule has 0 bridgehead atoms. The number of nitrogens with two attached hydrogens (primary N) is 1. The summed E-state index contributed by atoms with van der Waals surface area (Å²) >= 11 is 0. The molecule has 0 heterocycles. The highest BCUT2D eigenvalue weighted by Gasteiger charge is 2.09. The average molecular weight is 231 g/mol. The van der Waals surface area contributed by atoms with Gasteiger partial charge in [-0.25, -0.2) is 4.79 Å². The van der Waals surface area contributed by atoms with Gasteiger partial charge < -0.3 is 15.6 Å². The molecule has 0 aliphatic carbocycles. The van der Waals surface area contributed by atoms with Crippen molar-refractivity contribution in [1.29, 1.82) is 5.26 Å². The molecule has 86 valence electrons. The maximum Gasteiger partial charge on any atom is 0.409 e. The standard InChI is InChI=1S/C11H9N3O3/c1-2-7-5-8(17-4-3-12)6-9(10(7)13)14-11(15)16/h1,5-6,14H,4,13H2,(H,15,16). The minimum atomic E-state index is -1.27. The number of carbonyl (C=O) groups is 1. The number of nitrogen functional groups attached to an aromatic ring is 1.